The predicted octanol–water partition coefficient (Wildman–Crippen LogP) is 1.78. The largest absolute Gasteiger partial charge is 0.361 e. The summed E-state index contributed by atoms with van der Waals surface area (Å²) in [6.07, 6.45) is 4.32. The number of hydrogen-bond acceptors (Lipinski definition) is 6. The SMILES string of the molecule is Cc1cc(CCN2CC(Cn3nc(-c4ccncc4)ccc3=O)C2)on1. The average Bonchev–Trinajstić information content (AvgIpc) is 3.04. The topological polar surface area (TPSA) is 77.0 Å². The summed E-state index contributed by atoms with van der Waals surface area (Å²) in [5.74, 6) is 1.37. The molecule has 0 aliphatic carbocycles. The lowest BCUT2D eigenvalue weighted by atomic mass is 10.00. The van der Waals surface area contributed by atoms with E-state index in [0.717, 1.165) is 48.8 Å². The number of aromatic nitrogens is 4. The molecule has 0 atom stereocenters. The number of likely N-dealkylation sites (tertiary alicyclic amines) is 1. The van der Waals surface area contributed by atoms with Crippen molar-refractivity contribution in [1.82, 2.24) is 24.8 Å². The molecular formula is C19H21N5O2. The Morgan fingerprint density at radius 3 is 2.73 bits per heavy atom. The minimum atomic E-state index is -0.0570. The van der Waals surface area contributed by atoms with Gasteiger partial charge in [-0.05, 0) is 25.1 Å². The number of pyridine rings is 1. The van der Waals surface area contributed by atoms with Gasteiger partial charge in [0.05, 0.1) is 17.9 Å². The molecule has 0 unspecified atom stereocenters. The number of aryl methyl sites for hydroxylation is 1. The molecule has 3 aromatic heterocycles. The Balaban J connectivity index is 1.33. The van der Waals surface area contributed by atoms with Crippen molar-refractivity contribution in [3.63, 3.8) is 0 Å². The fourth-order valence-electron chi connectivity index (χ4n) is 3.28. The van der Waals surface area contributed by atoms with Crippen LogP contribution in [0, 0.1) is 12.8 Å². The van der Waals surface area contributed by atoms with Crippen molar-refractivity contribution in [2.75, 3.05) is 19.6 Å². The van der Waals surface area contributed by atoms with Crippen LogP contribution >= 0.6 is 0 Å². The molecule has 7 heteroatoms. The Kier molecular flexibility index (Phi) is 4.62. The van der Waals surface area contributed by atoms with E-state index in [1.165, 1.54) is 0 Å². The summed E-state index contributed by atoms with van der Waals surface area (Å²) >= 11 is 0. The van der Waals surface area contributed by atoms with E-state index in [9.17, 15) is 4.79 Å². The van der Waals surface area contributed by atoms with Gasteiger partial charge >= 0.3 is 0 Å². The van der Waals surface area contributed by atoms with Gasteiger partial charge in [-0.25, -0.2) is 4.68 Å². The van der Waals surface area contributed by atoms with Crippen molar-refractivity contribution in [2.45, 2.75) is 19.9 Å². The van der Waals surface area contributed by atoms with Crippen LogP contribution < -0.4 is 5.56 Å². The third-order valence-electron chi connectivity index (χ3n) is 4.66. The van der Waals surface area contributed by atoms with E-state index in [-0.39, 0.29) is 5.56 Å². The highest BCUT2D eigenvalue weighted by Gasteiger charge is 2.27. The molecule has 1 fully saturated rings. The van der Waals surface area contributed by atoms with Gasteiger partial charge in [0, 0.05) is 62.1 Å². The fourth-order valence-corrected chi connectivity index (χ4v) is 3.28. The Bertz CT molecular complexity index is 928. The van der Waals surface area contributed by atoms with E-state index >= 15 is 0 Å². The first kappa shape index (κ1) is 16.7. The van der Waals surface area contributed by atoms with E-state index in [1.807, 2.05) is 25.1 Å². The molecule has 0 saturated carbocycles. The zero-order valence-electron chi connectivity index (χ0n) is 14.7. The summed E-state index contributed by atoms with van der Waals surface area (Å²) in [5.41, 5.74) is 2.62. The standard InChI is InChI=1S/C19H21N5O2/c1-14-10-17(26-22-14)6-9-23-11-15(12-23)13-24-19(25)3-2-18(21-24)16-4-7-20-8-5-16/h2-5,7-8,10,15H,6,9,11-13H2,1H3. The van der Waals surface area contributed by atoms with Crippen LogP contribution in [-0.2, 0) is 13.0 Å². The minimum absolute atomic E-state index is 0.0570. The quantitative estimate of drug-likeness (QED) is 0.674. The van der Waals surface area contributed by atoms with Gasteiger partial charge in [0.15, 0.2) is 0 Å². The molecule has 0 spiro atoms. The smallest absolute Gasteiger partial charge is 0.266 e. The van der Waals surface area contributed by atoms with E-state index in [4.69, 9.17) is 4.52 Å². The van der Waals surface area contributed by atoms with E-state index in [2.05, 4.69) is 20.1 Å². The Hall–Kier alpha value is -2.80. The third kappa shape index (κ3) is 3.72. The first-order valence-electron chi connectivity index (χ1n) is 8.80. The van der Waals surface area contributed by atoms with Crippen LogP contribution in [0.1, 0.15) is 11.5 Å². The van der Waals surface area contributed by atoms with E-state index in [1.54, 1.807) is 29.2 Å². The maximum atomic E-state index is 12.1. The zero-order valence-corrected chi connectivity index (χ0v) is 14.7. The summed E-state index contributed by atoms with van der Waals surface area (Å²) in [6, 6.07) is 9.12. The fraction of sp³-hybridized carbons (Fsp3) is 0.368. The Labute approximate surface area is 151 Å². The predicted molar refractivity (Wildman–Crippen MR) is 96.6 cm³/mol. The minimum Gasteiger partial charge on any atom is -0.361 e. The second kappa shape index (κ2) is 7.21. The van der Waals surface area contributed by atoms with Gasteiger partial charge in [-0.15, -0.1) is 0 Å². The van der Waals surface area contributed by atoms with Crippen molar-refractivity contribution in [3.05, 3.63) is 64.5 Å². The third-order valence-corrected chi connectivity index (χ3v) is 4.66. The van der Waals surface area contributed by atoms with Crippen LogP contribution in [0.4, 0.5) is 0 Å². The van der Waals surface area contributed by atoms with Crippen molar-refractivity contribution >= 4 is 0 Å². The molecule has 0 N–H and O–H groups in total. The molecule has 0 amide bonds. The molecule has 134 valence electrons. The van der Waals surface area contributed by atoms with Crippen LogP contribution in [0.15, 0.2) is 52.0 Å². The summed E-state index contributed by atoms with van der Waals surface area (Å²) in [6.45, 7) is 5.47. The van der Waals surface area contributed by atoms with Gasteiger partial charge in [0.2, 0.25) is 0 Å². The average molecular weight is 351 g/mol. The molecule has 1 aliphatic heterocycles. The Morgan fingerprint density at radius 2 is 2.00 bits per heavy atom. The van der Waals surface area contributed by atoms with Crippen molar-refractivity contribution in [3.8, 4) is 11.3 Å². The lowest BCUT2D eigenvalue weighted by Crippen LogP contribution is -2.50. The number of hydrogen-bond donors (Lipinski definition) is 0. The van der Waals surface area contributed by atoms with Crippen LogP contribution in [0.3, 0.4) is 0 Å². The molecule has 0 aromatic carbocycles. The van der Waals surface area contributed by atoms with Crippen molar-refractivity contribution in [2.24, 2.45) is 5.92 Å². The second-order valence-corrected chi connectivity index (χ2v) is 6.79. The summed E-state index contributed by atoms with van der Waals surface area (Å²) in [5, 5.41) is 8.43. The van der Waals surface area contributed by atoms with Crippen molar-refractivity contribution < 1.29 is 4.52 Å². The number of nitrogens with zero attached hydrogens (tertiary/aromatic N) is 5. The first-order chi connectivity index (χ1) is 12.7. The molecule has 4 rings (SSSR count). The van der Waals surface area contributed by atoms with Gasteiger partial charge < -0.3 is 9.42 Å². The van der Waals surface area contributed by atoms with Gasteiger partial charge in [0.1, 0.15) is 5.76 Å². The molecule has 0 bridgehead atoms. The van der Waals surface area contributed by atoms with Crippen LogP contribution in [-0.4, -0.2) is 44.5 Å². The highest BCUT2D eigenvalue weighted by Crippen LogP contribution is 2.18. The van der Waals surface area contributed by atoms with Gasteiger partial charge in [0.25, 0.3) is 5.56 Å². The van der Waals surface area contributed by atoms with Gasteiger partial charge in [-0.3, -0.25) is 9.78 Å². The molecule has 0 radical (unpaired) electrons. The lowest BCUT2D eigenvalue weighted by Gasteiger charge is -2.39. The van der Waals surface area contributed by atoms with Crippen LogP contribution in [0.2, 0.25) is 0 Å². The Morgan fingerprint density at radius 1 is 1.19 bits per heavy atom. The van der Waals surface area contributed by atoms with E-state index < -0.39 is 0 Å². The molecule has 4 heterocycles. The summed E-state index contributed by atoms with van der Waals surface area (Å²) in [4.78, 5) is 18.5. The highest BCUT2D eigenvalue weighted by atomic mass is 16.5. The lowest BCUT2D eigenvalue weighted by molar-refractivity contribution is 0.0836. The van der Waals surface area contributed by atoms with Crippen LogP contribution in [0.5, 0.6) is 0 Å². The summed E-state index contributed by atoms with van der Waals surface area (Å²) < 4.78 is 6.82. The zero-order chi connectivity index (χ0) is 17.9. The highest BCUT2D eigenvalue weighted by molar-refractivity contribution is 5.56. The van der Waals surface area contributed by atoms with Gasteiger partial charge in [-0.1, -0.05) is 5.16 Å². The molecule has 1 saturated heterocycles. The summed E-state index contributed by atoms with van der Waals surface area (Å²) in [7, 11) is 0. The monoisotopic (exact) mass is 351 g/mol. The molecule has 1 aliphatic rings. The first-order valence-corrected chi connectivity index (χ1v) is 8.80. The molecule has 7 nitrogen and oxygen atoms in total. The molecule has 3 aromatic rings. The van der Waals surface area contributed by atoms with Crippen LogP contribution in [0.25, 0.3) is 11.3 Å². The molecule has 26 heavy (non-hydrogen) atoms. The van der Waals surface area contributed by atoms with E-state index in [0.29, 0.717) is 12.5 Å². The van der Waals surface area contributed by atoms with Crippen molar-refractivity contribution in [1.29, 1.82) is 0 Å². The second-order valence-electron chi connectivity index (χ2n) is 6.79. The molecular weight excluding hydrogens is 330 g/mol. The maximum Gasteiger partial charge on any atom is 0.266 e. The normalized spacial score (nSPS) is 15.1. The number of rotatable bonds is 6. The maximum absolute atomic E-state index is 12.1. The van der Waals surface area contributed by atoms with Gasteiger partial charge in [-0.2, -0.15) is 5.10 Å².